The van der Waals surface area contributed by atoms with Crippen LogP contribution < -0.4 is 5.32 Å². The van der Waals surface area contributed by atoms with Crippen LogP contribution in [0, 0.1) is 0 Å². The number of carbonyl (C=O) groups excluding carboxylic acids is 2. The molecule has 25 heavy (non-hydrogen) atoms. The van der Waals surface area contributed by atoms with Crippen molar-refractivity contribution >= 4 is 34.3 Å². The zero-order valence-electron chi connectivity index (χ0n) is 13.8. The number of esters is 1. The summed E-state index contributed by atoms with van der Waals surface area (Å²) >= 11 is 6.09. The second-order valence-electron chi connectivity index (χ2n) is 5.34. The van der Waals surface area contributed by atoms with E-state index in [1.165, 1.54) is 12.3 Å². The van der Waals surface area contributed by atoms with Crippen molar-refractivity contribution in [1.82, 2.24) is 5.32 Å². The SMILES string of the molecule is C[C@@H](NC(=O)COC(=O)c1ccccc1[S@](C)=O)c1ccccc1Cl. The first-order valence-electron chi connectivity index (χ1n) is 7.53. The van der Waals surface area contributed by atoms with Gasteiger partial charge in [-0.2, -0.15) is 0 Å². The van der Waals surface area contributed by atoms with Gasteiger partial charge in [0.05, 0.1) is 27.3 Å². The van der Waals surface area contributed by atoms with Gasteiger partial charge in [0.15, 0.2) is 6.61 Å². The van der Waals surface area contributed by atoms with E-state index >= 15 is 0 Å². The van der Waals surface area contributed by atoms with Crippen LogP contribution in [0.15, 0.2) is 53.4 Å². The fourth-order valence-electron chi connectivity index (χ4n) is 2.28. The van der Waals surface area contributed by atoms with Gasteiger partial charge in [-0.15, -0.1) is 0 Å². The third kappa shape index (κ3) is 5.14. The zero-order chi connectivity index (χ0) is 18.4. The minimum absolute atomic E-state index is 0.190. The average molecular weight is 380 g/mol. The van der Waals surface area contributed by atoms with E-state index in [-0.39, 0.29) is 11.6 Å². The maximum atomic E-state index is 12.1. The highest BCUT2D eigenvalue weighted by molar-refractivity contribution is 7.84. The predicted molar refractivity (Wildman–Crippen MR) is 97.1 cm³/mol. The summed E-state index contributed by atoms with van der Waals surface area (Å²) in [6.45, 7) is 1.36. The van der Waals surface area contributed by atoms with Gasteiger partial charge in [-0.05, 0) is 30.7 Å². The van der Waals surface area contributed by atoms with E-state index in [0.29, 0.717) is 9.92 Å². The summed E-state index contributed by atoms with van der Waals surface area (Å²) in [5.74, 6) is -1.14. The van der Waals surface area contributed by atoms with E-state index in [4.69, 9.17) is 16.3 Å². The van der Waals surface area contributed by atoms with Crippen molar-refractivity contribution in [1.29, 1.82) is 0 Å². The highest BCUT2D eigenvalue weighted by Crippen LogP contribution is 2.22. The molecule has 0 aliphatic carbocycles. The van der Waals surface area contributed by atoms with Crippen molar-refractivity contribution in [3.05, 3.63) is 64.7 Å². The number of benzene rings is 2. The minimum Gasteiger partial charge on any atom is -0.452 e. The van der Waals surface area contributed by atoms with Gasteiger partial charge >= 0.3 is 5.97 Å². The number of hydrogen-bond donors (Lipinski definition) is 1. The maximum Gasteiger partial charge on any atom is 0.339 e. The predicted octanol–water partition coefficient (Wildman–Crippen LogP) is 3.11. The standard InChI is InChI=1S/C18H18ClNO4S/c1-12(13-7-3-5-9-15(13)19)20-17(21)11-24-18(22)14-8-4-6-10-16(14)25(2)23/h3-10,12H,11H2,1-2H3,(H,20,21)/t12-,25+/m1/s1. The van der Waals surface area contributed by atoms with Crippen molar-refractivity contribution in [2.24, 2.45) is 0 Å². The lowest BCUT2D eigenvalue weighted by Crippen LogP contribution is -2.31. The average Bonchev–Trinajstić information content (AvgIpc) is 2.59. The van der Waals surface area contributed by atoms with Crippen LogP contribution in [0.3, 0.4) is 0 Å². The molecule has 0 fully saturated rings. The first-order chi connectivity index (χ1) is 11.9. The molecular weight excluding hydrogens is 362 g/mol. The Morgan fingerprint density at radius 3 is 2.48 bits per heavy atom. The summed E-state index contributed by atoms with van der Waals surface area (Å²) in [4.78, 5) is 24.5. The summed E-state index contributed by atoms with van der Waals surface area (Å²) in [6, 6.07) is 13.3. The Morgan fingerprint density at radius 2 is 1.80 bits per heavy atom. The molecule has 0 radical (unpaired) electrons. The minimum atomic E-state index is -1.33. The molecule has 5 nitrogen and oxygen atoms in total. The molecule has 1 N–H and O–H groups in total. The van der Waals surface area contributed by atoms with Gasteiger partial charge in [-0.3, -0.25) is 9.00 Å². The molecule has 0 aliphatic heterocycles. The van der Waals surface area contributed by atoms with Crippen LogP contribution in [0.5, 0.6) is 0 Å². The zero-order valence-corrected chi connectivity index (χ0v) is 15.4. The number of ether oxygens (including phenoxy) is 1. The van der Waals surface area contributed by atoms with E-state index in [9.17, 15) is 13.8 Å². The van der Waals surface area contributed by atoms with E-state index in [1.807, 2.05) is 12.1 Å². The van der Waals surface area contributed by atoms with Gasteiger partial charge in [0, 0.05) is 11.3 Å². The Morgan fingerprint density at radius 1 is 1.16 bits per heavy atom. The summed E-state index contributed by atoms with van der Waals surface area (Å²) in [6.07, 6.45) is 1.48. The molecule has 0 unspecified atom stereocenters. The molecule has 0 bridgehead atoms. The van der Waals surface area contributed by atoms with Crippen molar-refractivity contribution < 1.29 is 18.5 Å². The maximum absolute atomic E-state index is 12.1. The topological polar surface area (TPSA) is 72.5 Å². The Hall–Kier alpha value is -2.18. The van der Waals surface area contributed by atoms with Gasteiger partial charge in [0.25, 0.3) is 5.91 Å². The first-order valence-corrected chi connectivity index (χ1v) is 9.47. The Balaban J connectivity index is 1.95. The lowest BCUT2D eigenvalue weighted by Gasteiger charge is -2.15. The van der Waals surface area contributed by atoms with Gasteiger partial charge in [0.2, 0.25) is 0 Å². The lowest BCUT2D eigenvalue weighted by atomic mass is 10.1. The lowest BCUT2D eigenvalue weighted by molar-refractivity contribution is -0.124. The molecule has 7 heteroatoms. The molecule has 2 atom stereocenters. The third-order valence-electron chi connectivity index (χ3n) is 3.50. The molecule has 2 rings (SSSR count). The molecular formula is C18H18ClNO4S. The molecule has 0 aliphatic rings. The van der Waals surface area contributed by atoms with Crippen LogP contribution >= 0.6 is 11.6 Å². The van der Waals surface area contributed by atoms with Crippen molar-refractivity contribution in [3.63, 3.8) is 0 Å². The van der Waals surface area contributed by atoms with E-state index < -0.39 is 29.3 Å². The largest absolute Gasteiger partial charge is 0.452 e. The molecule has 0 saturated carbocycles. The summed E-state index contributed by atoms with van der Waals surface area (Å²) in [5.41, 5.74) is 0.964. The molecule has 132 valence electrons. The highest BCUT2D eigenvalue weighted by Gasteiger charge is 2.17. The number of halogens is 1. The summed E-state index contributed by atoms with van der Waals surface area (Å²) < 4.78 is 16.7. The van der Waals surface area contributed by atoms with Gasteiger partial charge in [-0.25, -0.2) is 4.79 Å². The molecule has 2 aromatic rings. The monoisotopic (exact) mass is 379 g/mol. The van der Waals surface area contributed by atoms with Crippen LogP contribution in [0.4, 0.5) is 0 Å². The summed E-state index contributed by atoms with van der Waals surface area (Å²) in [5, 5.41) is 3.27. The van der Waals surface area contributed by atoms with E-state index in [2.05, 4.69) is 5.32 Å². The fourth-order valence-corrected chi connectivity index (χ4v) is 3.31. The quantitative estimate of drug-likeness (QED) is 0.783. The van der Waals surface area contributed by atoms with Gasteiger partial charge < -0.3 is 10.1 Å². The van der Waals surface area contributed by atoms with Gasteiger partial charge in [0.1, 0.15) is 0 Å². The number of carbonyl (C=O) groups is 2. The molecule has 2 aromatic carbocycles. The van der Waals surface area contributed by atoms with Crippen molar-refractivity contribution in [2.75, 3.05) is 12.9 Å². The fraction of sp³-hybridized carbons (Fsp3) is 0.222. The normalized spacial score (nSPS) is 12.9. The Kier molecular flexibility index (Phi) is 6.73. The second-order valence-corrected chi connectivity index (χ2v) is 7.09. The Bertz CT molecular complexity index is 809. The molecule has 0 aromatic heterocycles. The van der Waals surface area contributed by atoms with Crippen molar-refractivity contribution in [2.45, 2.75) is 17.9 Å². The van der Waals surface area contributed by atoms with E-state index in [1.54, 1.807) is 37.3 Å². The number of amides is 1. The highest BCUT2D eigenvalue weighted by atomic mass is 35.5. The van der Waals surface area contributed by atoms with Crippen LogP contribution in [0.2, 0.25) is 5.02 Å². The second kappa shape index (κ2) is 8.78. The van der Waals surface area contributed by atoms with Crippen LogP contribution in [0.1, 0.15) is 28.9 Å². The van der Waals surface area contributed by atoms with E-state index in [0.717, 1.165) is 5.56 Å². The molecule has 0 spiro atoms. The Labute approximate surface area is 153 Å². The number of rotatable bonds is 6. The van der Waals surface area contributed by atoms with Crippen LogP contribution in [-0.2, 0) is 20.3 Å². The van der Waals surface area contributed by atoms with Gasteiger partial charge in [-0.1, -0.05) is 41.9 Å². The van der Waals surface area contributed by atoms with Crippen molar-refractivity contribution in [3.8, 4) is 0 Å². The number of hydrogen-bond acceptors (Lipinski definition) is 4. The van der Waals surface area contributed by atoms with Crippen LogP contribution in [-0.4, -0.2) is 28.9 Å². The number of nitrogens with one attached hydrogen (secondary N) is 1. The third-order valence-corrected chi connectivity index (χ3v) is 4.82. The first kappa shape index (κ1) is 19.1. The molecule has 0 saturated heterocycles. The van der Waals surface area contributed by atoms with Crippen LogP contribution in [0.25, 0.3) is 0 Å². The molecule has 1 amide bonds. The molecule has 0 heterocycles. The smallest absolute Gasteiger partial charge is 0.339 e. The summed E-state index contributed by atoms with van der Waals surface area (Å²) in [7, 11) is -1.33.